The smallest absolute Gasteiger partial charge is 0.262 e. The summed E-state index contributed by atoms with van der Waals surface area (Å²) in [5, 5.41) is 3.65. The van der Waals surface area contributed by atoms with Gasteiger partial charge in [-0.15, -0.1) is 0 Å². The van der Waals surface area contributed by atoms with Crippen LogP contribution in [-0.2, 0) is 34.4 Å². The number of nitrogens with one attached hydrogen (secondary N) is 1. The van der Waals surface area contributed by atoms with Crippen LogP contribution in [0.25, 0.3) is 21.9 Å². The molecule has 15 heteroatoms. The normalized spacial score (nSPS) is 20.6. The van der Waals surface area contributed by atoms with Gasteiger partial charge in [-0.3, -0.25) is 43.9 Å². The van der Waals surface area contributed by atoms with Crippen LogP contribution in [0.15, 0.2) is 53.6 Å². The average Bonchev–Trinajstić information content (AvgIpc) is 3.51. The number of aryl methyl sites for hydroxylation is 2. The van der Waals surface area contributed by atoms with Gasteiger partial charge in [0.1, 0.15) is 23.4 Å². The van der Waals surface area contributed by atoms with Gasteiger partial charge in [-0.2, -0.15) is 0 Å². The summed E-state index contributed by atoms with van der Waals surface area (Å²) in [6.07, 6.45) is 9.72. The molecule has 2 aromatic heterocycles. The number of rotatable bonds is 10. The fourth-order valence-electron chi connectivity index (χ4n) is 10.5. The van der Waals surface area contributed by atoms with Crippen LogP contribution in [-0.4, -0.2) is 113 Å². The second-order valence-corrected chi connectivity index (χ2v) is 18.3. The molecule has 1 spiro atoms. The average molecular weight is 858 g/mol. The van der Waals surface area contributed by atoms with Crippen molar-refractivity contribution in [3.8, 4) is 22.6 Å². The Balaban J connectivity index is 0.778. The lowest BCUT2D eigenvalue weighted by molar-refractivity contribution is -0.142. The Hall–Kier alpha value is -6.09. The van der Waals surface area contributed by atoms with Crippen molar-refractivity contribution in [2.24, 2.45) is 18.4 Å². The second-order valence-electron chi connectivity index (χ2n) is 18.3. The molecule has 3 saturated heterocycles. The van der Waals surface area contributed by atoms with Gasteiger partial charge in [0.2, 0.25) is 17.7 Å². The summed E-state index contributed by atoms with van der Waals surface area (Å²) in [6.45, 7) is 6.00. The van der Waals surface area contributed by atoms with Crippen molar-refractivity contribution >= 4 is 46.1 Å². The number of anilines is 1. The molecule has 1 aliphatic carbocycles. The number of nitrogens with zero attached hydrogens (tertiary/aromatic N) is 6. The Kier molecular flexibility index (Phi) is 11.1. The van der Waals surface area contributed by atoms with E-state index in [2.05, 4.69) is 39.2 Å². The number of hydrogen-bond donors (Lipinski definition) is 1. The zero-order chi connectivity index (χ0) is 44.3. The van der Waals surface area contributed by atoms with E-state index in [-0.39, 0.29) is 52.9 Å². The van der Waals surface area contributed by atoms with Gasteiger partial charge in [0.15, 0.2) is 0 Å². The Labute approximate surface area is 366 Å². The van der Waals surface area contributed by atoms with Gasteiger partial charge >= 0.3 is 0 Å². The molecule has 2 aromatic carbocycles. The highest BCUT2D eigenvalue weighted by Crippen LogP contribution is 2.51. The van der Waals surface area contributed by atoms with E-state index in [4.69, 9.17) is 9.47 Å². The van der Waals surface area contributed by atoms with E-state index in [0.717, 1.165) is 116 Å². The zero-order valence-electron chi connectivity index (χ0n) is 36.7. The van der Waals surface area contributed by atoms with Gasteiger partial charge < -0.3 is 23.8 Å². The van der Waals surface area contributed by atoms with Crippen LogP contribution in [0.4, 0.5) is 5.82 Å². The van der Waals surface area contributed by atoms with Gasteiger partial charge in [0, 0.05) is 82.0 Å². The fourth-order valence-corrected chi connectivity index (χ4v) is 10.5. The maximum atomic E-state index is 13.9. The lowest BCUT2D eigenvalue weighted by Gasteiger charge is -2.52. The molecule has 1 N–H and O–H groups in total. The predicted octanol–water partition coefficient (Wildman–Crippen LogP) is 4.70. The van der Waals surface area contributed by atoms with Gasteiger partial charge in [-0.05, 0) is 111 Å². The molecular formula is C48H55N7O8. The van der Waals surface area contributed by atoms with Crippen LogP contribution in [0.5, 0.6) is 11.5 Å². The largest absolute Gasteiger partial charge is 0.496 e. The number of imide groups is 2. The van der Waals surface area contributed by atoms with Gasteiger partial charge in [-0.1, -0.05) is 13.0 Å². The standard InChI is InChI=1S/C48H55N7O8/c1-6-28-19-30(37-26-52(4)45(59)36-25-49-41(51(2)3)22-34(36)37)20-40(62-5)38(28)27-53-15-11-29(12-16-53)44(58)54-17-13-48(14-18-54)23-32(24-48)63-31-7-8-33-35(21-31)47(61)55(46(33)60)39-9-10-42(56)50-43(39)57/h7-8,19-22,25-26,29,32,39H,6,9-18,23-24,27H2,1-5H3,(H,50,56,57). The number of ether oxygens (including phenoxy) is 2. The number of carbonyl (C=O) groups excluding carboxylic acids is 5. The molecule has 6 heterocycles. The SMILES string of the molecule is CCc1cc(-c2cn(C)c(=O)c3cnc(N(C)C)cc23)cc(OC)c1CN1CCC(C(=O)N2CCC3(CC2)CC(Oc2ccc4c(c2)C(=O)N(C2CCC(=O)NC2=O)C4=O)C3)CC1. The first-order valence-electron chi connectivity index (χ1n) is 22.2. The number of hydrogen-bond acceptors (Lipinski definition) is 11. The van der Waals surface area contributed by atoms with E-state index in [0.29, 0.717) is 11.1 Å². The molecule has 15 nitrogen and oxygen atoms in total. The number of fused-ring (bicyclic) bond motifs is 2. The highest BCUT2D eigenvalue weighted by Gasteiger charge is 2.49. The highest BCUT2D eigenvalue weighted by atomic mass is 16.5. The molecule has 0 bridgehead atoms. The molecule has 1 unspecified atom stereocenters. The van der Waals surface area contributed by atoms with Crippen molar-refractivity contribution in [3.63, 3.8) is 0 Å². The van der Waals surface area contributed by atoms with Crippen LogP contribution < -0.4 is 25.2 Å². The van der Waals surface area contributed by atoms with E-state index in [1.807, 2.05) is 31.3 Å². The van der Waals surface area contributed by atoms with E-state index in [1.54, 1.807) is 43.1 Å². The van der Waals surface area contributed by atoms with Gasteiger partial charge in [0.05, 0.1) is 29.7 Å². The minimum atomic E-state index is -1.01. The lowest BCUT2D eigenvalue weighted by atomic mass is 9.61. The molecule has 4 fully saturated rings. The van der Waals surface area contributed by atoms with Crippen molar-refractivity contribution in [2.45, 2.75) is 83.4 Å². The molecule has 0 radical (unpaired) electrons. The Morgan fingerprint density at radius 1 is 0.905 bits per heavy atom. The number of carbonyl (C=O) groups is 5. The first-order chi connectivity index (χ1) is 30.3. The molecule has 4 aliphatic heterocycles. The molecule has 1 atom stereocenters. The molecule has 9 rings (SSSR count). The quantitative estimate of drug-likeness (QED) is 0.220. The molecule has 5 amide bonds. The van der Waals surface area contributed by atoms with Crippen molar-refractivity contribution in [3.05, 3.63) is 81.4 Å². The number of piperidine rings is 3. The zero-order valence-corrected chi connectivity index (χ0v) is 36.7. The number of likely N-dealkylation sites (tertiary alicyclic amines) is 2. The molecule has 5 aliphatic rings. The van der Waals surface area contributed by atoms with Crippen molar-refractivity contribution in [2.75, 3.05) is 52.3 Å². The first kappa shape index (κ1) is 42.2. The molecule has 330 valence electrons. The van der Waals surface area contributed by atoms with Gasteiger partial charge in [0.25, 0.3) is 17.4 Å². The van der Waals surface area contributed by atoms with Crippen molar-refractivity contribution < 1.29 is 33.4 Å². The third kappa shape index (κ3) is 7.74. The first-order valence-corrected chi connectivity index (χ1v) is 22.2. The van der Waals surface area contributed by atoms with Crippen LogP contribution in [0.2, 0.25) is 0 Å². The van der Waals surface area contributed by atoms with Crippen LogP contribution in [0, 0.1) is 11.3 Å². The second kappa shape index (κ2) is 16.6. The van der Waals surface area contributed by atoms with Crippen LogP contribution in [0.3, 0.4) is 0 Å². The predicted molar refractivity (Wildman–Crippen MR) is 236 cm³/mol. The molecule has 1 saturated carbocycles. The summed E-state index contributed by atoms with van der Waals surface area (Å²) < 4.78 is 14.0. The van der Waals surface area contributed by atoms with Crippen molar-refractivity contribution in [1.29, 1.82) is 0 Å². The number of aromatic nitrogens is 2. The van der Waals surface area contributed by atoms with E-state index in [1.165, 1.54) is 5.56 Å². The molecular weight excluding hydrogens is 803 g/mol. The fraction of sp³-hybridized carbons (Fsp3) is 0.479. The Morgan fingerprint density at radius 3 is 2.32 bits per heavy atom. The topological polar surface area (TPSA) is 164 Å². The maximum absolute atomic E-state index is 13.9. The van der Waals surface area contributed by atoms with Crippen LogP contribution in [0.1, 0.15) is 90.1 Å². The molecule has 63 heavy (non-hydrogen) atoms. The van der Waals surface area contributed by atoms with E-state index in [9.17, 15) is 28.8 Å². The lowest BCUT2D eigenvalue weighted by Crippen LogP contribution is -2.54. The Bertz CT molecular complexity index is 2570. The number of pyridine rings is 2. The van der Waals surface area contributed by atoms with E-state index < -0.39 is 29.7 Å². The summed E-state index contributed by atoms with van der Waals surface area (Å²) in [5.74, 6) is 0.226. The summed E-state index contributed by atoms with van der Waals surface area (Å²) in [5.41, 5.74) is 4.74. The monoisotopic (exact) mass is 857 g/mol. The number of methoxy groups -OCH3 is 1. The number of benzene rings is 2. The number of amides is 5. The van der Waals surface area contributed by atoms with Gasteiger partial charge in [-0.25, -0.2) is 4.98 Å². The van der Waals surface area contributed by atoms with Crippen LogP contribution >= 0.6 is 0 Å². The maximum Gasteiger partial charge on any atom is 0.262 e. The van der Waals surface area contributed by atoms with E-state index >= 15 is 0 Å². The molecule has 4 aromatic rings. The summed E-state index contributed by atoms with van der Waals surface area (Å²) in [4.78, 5) is 89.3. The minimum Gasteiger partial charge on any atom is -0.496 e. The Morgan fingerprint density at radius 2 is 1.63 bits per heavy atom. The highest BCUT2D eigenvalue weighted by molar-refractivity contribution is 6.23. The summed E-state index contributed by atoms with van der Waals surface area (Å²) >= 11 is 0. The van der Waals surface area contributed by atoms with Crippen molar-refractivity contribution in [1.82, 2.24) is 29.6 Å². The minimum absolute atomic E-state index is 0.00237. The summed E-state index contributed by atoms with van der Waals surface area (Å²) in [6, 6.07) is 10.1. The summed E-state index contributed by atoms with van der Waals surface area (Å²) in [7, 11) is 7.35. The third-order valence-corrected chi connectivity index (χ3v) is 14.2. The third-order valence-electron chi connectivity index (χ3n) is 14.2.